The maximum Gasteiger partial charge on any atom is 0.317 e. The van der Waals surface area contributed by atoms with E-state index in [1.165, 1.54) is 5.56 Å². The molecule has 128 valence electrons. The first-order valence-electron chi connectivity index (χ1n) is 8.41. The number of piperidine rings is 1. The fraction of sp³-hybridized carbons (Fsp3) is 0.706. The molecule has 1 aromatic heterocycles. The van der Waals surface area contributed by atoms with Crippen molar-refractivity contribution in [1.29, 1.82) is 0 Å². The predicted molar refractivity (Wildman–Crippen MR) is 90.7 cm³/mol. The zero-order valence-electron chi connectivity index (χ0n) is 13.9. The van der Waals surface area contributed by atoms with Gasteiger partial charge in [-0.3, -0.25) is 0 Å². The standard InChI is InChI=1S/C17H26N2O3S/c1-13(14-5-9-23-12-14)10-18-16(20)19-6-3-4-15(11-19)17(2)21-7-8-22-17/h5,9,12-13,15H,3-4,6-8,10-11H2,1-2H3,(H,18,20). The van der Waals surface area contributed by atoms with Crippen molar-refractivity contribution in [1.82, 2.24) is 10.2 Å². The lowest BCUT2D eigenvalue weighted by atomic mass is 9.90. The average molecular weight is 338 g/mol. The first-order valence-corrected chi connectivity index (χ1v) is 9.35. The van der Waals surface area contributed by atoms with Crippen LogP contribution in [0.3, 0.4) is 0 Å². The van der Waals surface area contributed by atoms with Crippen LogP contribution >= 0.6 is 11.3 Å². The van der Waals surface area contributed by atoms with Crippen LogP contribution in [0.4, 0.5) is 4.79 Å². The minimum Gasteiger partial charge on any atom is -0.347 e. The molecule has 0 radical (unpaired) electrons. The Labute approximate surface area is 142 Å². The Morgan fingerprint density at radius 3 is 3.00 bits per heavy atom. The number of carbonyl (C=O) groups is 1. The molecule has 0 saturated carbocycles. The molecule has 2 aliphatic rings. The van der Waals surface area contributed by atoms with E-state index in [-0.39, 0.29) is 11.9 Å². The summed E-state index contributed by atoms with van der Waals surface area (Å²) in [5.74, 6) is 0.0618. The predicted octanol–water partition coefficient (Wildman–Crippen LogP) is 3.04. The topological polar surface area (TPSA) is 50.8 Å². The number of nitrogens with zero attached hydrogens (tertiary/aromatic N) is 1. The summed E-state index contributed by atoms with van der Waals surface area (Å²) in [7, 11) is 0. The van der Waals surface area contributed by atoms with Gasteiger partial charge in [0.15, 0.2) is 5.79 Å². The fourth-order valence-corrected chi connectivity index (χ4v) is 4.16. The number of hydrogen-bond acceptors (Lipinski definition) is 4. The lowest BCUT2D eigenvalue weighted by Crippen LogP contribution is -2.51. The molecule has 2 amide bonds. The number of ether oxygens (including phenoxy) is 2. The third-order valence-corrected chi connectivity index (χ3v) is 5.68. The number of nitrogens with one attached hydrogen (secondary N) is 1. The summed E-state index contributed by atoms with van der Waals surface area (Å²) in [5, 5.41) is 7.29. The van der Waals surface area contributed by atoms with E-state index in [0.717, 1.165) is 19.4 Å². The number of hydrogen-bond donors (Lipinski definition) is 1. The molecule has 0 aromatic carbocycles. The maximum absolute atomic E-state index is 12.5. The number of rotatable bonds is 4. The number of thiophene rings is 1. The normalized spacial score (nSPS) is 25.3. The van der Waals surface area contributed by atoms with Gasteiger partial charge < -0.3 is 19.7 Å². The second kappa shape index (κ2) is 7.20. The van der Waals surface area contributed by atoms with Gasteiger partial charge in [0, 0.05) is 25.6 Å². The number of likely N-dealkylation sites (tertiary alicyclic amines) is 1. The molecule has 2 fully saturated rings. The highest BCUT2D eigenvalue weighted by atomic mass is 32.1. The summed E-state index contributed by atoms with van der Waals surface area (Å²) >= 11 is 1.69. The number of carbonyl (C=O) groups excluding carboxylic acids is 1. The molecule has 3 heterocycles. The van der Waals surface area contributed by atoms with Crippen LogP contribution in [0, 0.1) is 5.92 Å². The molecule has 0 bridgehead atoms. The summed E-state index contributed by atoms with van der Waals surface area (Å²) in [5.41, 5.74) is 1.28. The van der Waals surface area contributed by atoms with E-state index in [4.69, 9.17) is 9.47 Å². The lowest BCUT2D eigenvalue weighted by Gasteiger charge is -2.39. The first-order chi connectivity index (χ1) is 11.1. The van der Waals surface area contributed by atoms with E-state index >= 15 is 0 Å². The van der Waals surface area contributed by atoms with Crippen molar-refractivity contribution < 1.29 is 14.3 Å². The highest BCUT2D eigenvalue weighted by Crippen LogP contribution is 2.34. The third-order valence-electron chi connectivity index (χ3n) is 4.98. The van der Waals surface area contributed by atoms with Crippen LogP contribution in [0.25, 0.3) is 0 Å². The van der Waals surface area contributed by atoms with E-state index in [2.05, 4.69) is 29.1 Å². The molecule has 2 atom stereocenters. The van der Waals surface area contributed by atoms with Gasteiger partial charge >= 0.3 is 6.03 Å². The van der Waals surface area contributed by atoms with Crippen LogP contribution in [0.1, 0.15) is 38.2 Å². The van der Waals surface area contributed by atoms with Crippen LogP contribution in [0.2, 0.25) is 0 Å². The van der Waals surface area contributed by atoms with Crippen molar-refractivity contribution >= 4 is 17.4 Å². The van der Waals surface area contributed by atoms with Crippen LogP contribution < -0.4 is 5.32 Å². The third kappa shape index (κ3) is 3.87. The van der Waals surface area contributed by atoms with Gasteiger partial charge in [-0.25, -0.2) is 4.79 Å². The van der Waals surface area contributed by atoms with Crippen molar-refractivity contribution in [3.63, 3.8) is 0 Å². The quantitative estimate of drug-likeness (QED) is 0.918. The molecule has 2 unspecified atom stereocenters. The summed E-state index contributed by atoms with van der Waals surface area (Å²) in [6.07, 6.45) is 2.05. The maximum atomic E-state index is 12.5. The summed E-state index contributed by atoms with van der Waals surface area (Å²) in [6.45, 7) is 7.63. The Morgan fingerprint density at radius 2 is 2.30 bits per heavy atom. The van der Waals surface area contributed by atoms with E-state index < -0.39 is 5.79 Å². The Hall–Kier alpha value is -1.11. The van der Waals surface area contributed by atoms with Gasteiger partial charge in [0.2, 0.25) is 0 Å². The average Bonchev–Trinajstić information content (AvgIpc) is 3.25. The molecule has 2 aliphatic heterocycles. The van der Waals surface area contributed by atoms with Gasteiger partial charge in [0.1, 0.15) is 0 Å². The summed E-state index contributed by atoms with van der Waals surface area (Å²) in [4.78, 5) is 14.4. The van der Waals surface area contributed by atoms with Gasteiger partial charge in [-0.05, 0) is 48.1 Å². The smallest absolute Gasteiger partial charge is 0.317 e. The first kappa shape index (κ1) is 16.7. The molecule has 0 spiro atoms. The van der Waals surface area contributed by atoms with E-state index in [1.54, 1.807) is 11.3 Å². The van der Waals surface area contributed by atoms with Crippen LogP contribution in [-0.2, 0) is 9.47 Å². The monoisotopic (exact) mass is 338 g/mol. The van der Waals surface area contributed by atoms with Gasteiger partial charge in [-0.1, -0.05) is 6.92 Å². The zero-order chi connectivity index (χ0) is 16.3. The van der Waals surface area contributed by atoms with Crippen molar-refractivity contribution in [3.05, 3.63) is 22.4 Å². The Balaban J connectivity index is 1.51. The van der Waals surface area contributed by atoms with Gasteiger partial charge in [0.25, 0.3) is 0 Å². The molecular weight excluding hydrogens is 312 g/mol. The second-order valence-electron chi connectivity index (χ2n) is 6.64. The van der Waals surface area contributed by atoms with E-state index in [1.807, 2.05) is 11.8 Å². The molecular formula is C17H26N2O3S. The zero-order valence-corrected chi connectivity index (χ0v) is 14.7. The highest BCUT2D eigenvalue weighted by Gasteiger charge is 2.42. The fourth-order valence-electron chi connectivity index (χ4n) is 3.38. The lowest BCUT2D eigenvalue weighted by molar-refractivity contribution is -0.189. The largest absolute Gasteiger partial charge is 0.347 e. The van der Waals surface area contributed by atoms with Gasteiger partial charge in [0.05, 0.1) is 13.2 Å². The highest BCUT2D eigenvalue weighted by molar-refractivity contribution is 7.07. The molecule has 3 rings (SSSR count). The second-order valence-corrected chi connectivity index (χ2v) is 7.42. The van der Waals surface area contributed by atoms with Crippen LogP contribution in [0.15, 0.2) is 16.8 Å². The number of amides is 2. The van der Waals surface area contributed by atoms with Gasteiger partial charge in [-0.15, -0.1) is 0 Å². The van der Waals surface area contributed by atoms with E-state index in [9.17, 15) is 4.79 Å². The van der Waals surface area contributed by atoms with Gasteiger partial charge in [-0.2, -0.15) is 11.3 Å². The van der Waals surface area contributed by atoms with Crippen LogP contribution in [-0.4, -0.2) is 49.6 Å². The Bertz CT molecular complexity index is 514. The summed E-state index contributed by atoms with van der Waals surface area (Å²) in [6, 6.07) is 2.15. The van der Waals surface area contributed by atoms with Crippen molar-refractivity contribution in [2.24, 2.45) is 5.92 Å². The van der Waals surface area contributed by atoms with Crippen molar-refractivity contribution in [2.45, 2.75) is 38.4 Å². The number of urea groups is 1. The molecule has 1 N–H and O–H groups in total. The molecule has 0 aliphatic carbocycles. The molecule has 5 nitrogen and oxygen atoms in total. The molecule has 2 saturated heterocycles. The molecule has 6 heteroatoms. The minimum atomic E-state index is -0.525. The van der Waals surface area contributed by atoms with E-state index in [0.29, 0.717) is 32.2 Å². The molecule has 1 aromatic rings. The van der Waals surface area contributed by atoms with Crippen molar-refractivity contribution in [3.8, 4) is 0 Å². The SMILES string of the molecule is CC(CNC(=O)N1CCCC(C2(C)OCCO2)C1)c1ccsc1. The minimum absolute atomic E-state index is 0.0263. The van der Waals surface area contributed by atoms with Crippen molar-refractivity contribution in [2.75, 3.05) is 32.8 Å². The molecule has 23 heavy (non-hydrogen) atoms. The Kier molecular flexibility index (Phi) is 5.24. The van der Waals surface area contributed by atoms with Crippen LogP contribution in [0.5, 0.6) is 0 Å². The summed E-state index contributed by atoms with van der Waals surface area (Å²) < 4.78 is 11.6. The Morgan fingerprint density at radius 1 is 1.52 bits per heavy atom.